The first kappa shape index (κ1) is 8.96. The highest BCUT2D eigenvalue weighted by atomic mass is 16.3. The number of hydrogen-bond donors (Lipinski definition) is 1. The first-order valence-electron chi connectivity index (χ1n) is 4.87. The smallest absolute Gasteiger partial charge is 0.230 e. The normalized spacial score (nSPS) is 11.1. The molecule has 5 heteroatoms. The average molecular weight is 214 g/mol. The van der Waals surface area contributed by atoms with Crippen molar-refractivity contribution >= 4 is 16.8 Å². The van der Waals surface area contributed by atoms with E-state index in [2.05, 4.69) is 10.1 Å². The van der Waals surface area contributed by atoms with Gasteiger partial charge >= 0.3 is 0 Å². The van der Waals surface area contributed by atoms with Crippen molar-refractivity contribution < 1.29 is 4.42 Å². The average Bonchev–Trinajstić information content (AvgIpc) is 2.83. The van der Waals surface area contributed by atoms with Crippen molar-refractivity contribution in [2.75, 3.05) is 5.73 Å². The first-order chi connectivity index (χ1) is 7.72. The number of nitrogens with zero attached hydrogens (tertiary/aromatic N) is 3. The zero-order valence-electron chi connectivity index (χ0n) is 8.71. The molecule has 3 aromatic rings. The van der Waals surface area contributed by atoms with E-state index in [1.54, 1.807) is 23.0 Å². The van der Waals surface area contributed by atoms with E-state index in [1.165, 1.54) is 0 Å². The molecule has 0 aliphatic heterocycles. The molecule has 16 heavy (non-hydrogen) atoms. The van der Waals surface area contributed by atoms with E-state index in [0.29, 0.717) is 11.6 Å². The summed E-state index contributed by atoms with van der Waals surface area (Å²) in [5.41, 5.74) is 8.71. The number of nitrogens with two attached hydrogens (primary N) is 1. The van der Waals surface area contributed by atoms with E-state index in [0.717, 1.165) is 16.7 Å². The molecular weight excluding hydrogens is 204 g/mol. The van der Waals surface area contributed by atoms with Crippen LogP contribution in [-0.4, -0.2) is 14.8 Å². The predicted octanol–water partition coefficient (Wildman–Crippen LogP) is 1.81. The third kappa shape index (κ3) is 1.33. The van der Waals surface area contributed by atoms with Crippen molar-refractivity contribution in [3.8, 4) is 11.5 Å². The fourth-order valence-corrected chi connectivity index (χ4v) is 1.60. The van der Waals surface area contributed by atoms with Gasteiger partial charge in [-0.1, -0.05) is 0 Å². The molecule has 0 aliphatic rings. The molecule has 0 fully saturated rings. The molecule has 0 spiro atoms. The number of oxazole rings is 1. The third-order valence-electron chi connectivity index (χ3n) is 2.36. The Morgan fingerprint density at radius 2 is 2.25 bits per heavy atom. The number of hydrogen-bond acceptors (Lipinski definition) is 4. The number of nitrogen functional groups attached to an aromatic ring is 1. The summed E-state index contributed by atoms with van der Waals surface area (Å²) in [5.74, 6) is 0.564. The second kappa shape index (κ2) is 3.10. The largest absolute Gasteiger partial charge is 0.436 e. The van der Waals surface area contributed by atoms with Crippen molar-refractivity contribution in [2.24, 2.45) is 7.05 Å². The fourth-order valence-electron chi connectivity index (χ4n) is 1.60. The van der Waals surface area contributed by atoms with Gasteiger partial charge in [0.05, 0.1) is 11.8 Å². The number of anilines is 1. The van der Waals surface area contributed by atoms with Crippen LogP contribution in [0.15, 0.2) is 35.0 Å². The lowest BCUT2D eigenvalue weighted by Gasteiger charge is -1.88. The fraction of sp³-hybridized carbons (Fsp3) is 0.0909. The lowest BCUT2D eigenvalue weighted by atomic mass is 10.3. The molecule has 2 heterocycles. The van der Waals surface area contributed by atoms with Gasteiger partial charge in [-0.25, -0.2) is 4.98 Å². The Bertz CT molecular complexity index is 653. The zero-order valence-corrected chi connectivity index (χ0v) is 8.71. The second-order valence-corrected chi connectivity index (χ2v) is 3.65. The summed E-state index contributed by atoms with van der Waals surface area (Å²) in [6.07, 6.45) is 3.57. The molecule has 0 unspecified atom stereocenters. The van der Waals surface area contributed by atoms with Crippen LogP contribution in [0.5, 0.6) is 0 Å². The minimum absolute atomic E-state index is 0.564. The van der Waals surface area contributed by atoms with Gasteiger partial charge in [-0.05, 0) is 18.2 Å². The van der Waals surface area contributed by atoms with E-state index in [4.69, 9.17) is 10.2 Å². The van der Waals surface area contributed by atoms with E-state index in [9.17, 15) is 0 Å². The molecule has 5 nitrogen and oxygen atoms in total. The van der Waals surface area contributed by atoms with Crippen LogP contribution in [0.4, 0.5) is 5.69 Å². The number of rotatable bonds is 1. The maximum Gasteiger partial charge on any atom is 0.230 e. The van der Waals surface area contributed by atoms with Gasteiger partial charge in [0.2, 0.25) is 5.89 Å². The van der Waals surface area contributed by atoms with Crippen LogP contribution in [-0.2, 0) is 7.05 Å². The SMILES string of the molecule is Cn1cc(-c2nc3cc(N)ccc3o2)cn1. The summed E-state index contributed by atoms with van der Waals surface area (Å²) < 4.78 is 7.31. The number of benzene rings is 1. The molecule has 0 amide bonds. The van der Waals surface area contributed by atoms with Gasteiger partial charge in [-0.15, -0.1) is 0 Å². The Hall–Kier alpha value is -2.30. The molecule has 2 N–H and O–H groups in total. The Morgan fingerprint density at radius 3 is 3.00 bits per heavy atom. The van der Waals surface area contributed by atoms with Gasteiger partial charge in [0, 0.05) is 18.9 Å². The summed E-state index contributed by atoms with van der Waals surface area (Å²) in [6.45, 7) is 0. The maximum absolute atomic E-state index is 5.68. The maximum atomic E-state index is 5.68. The van der Waals surface area contributed by atoms with Crippen molar-refractivity contribution in [1.29, 1.82) is 0 Å². The van der Waals surface area contributed by atoms with Crippen molar-refractivity contribution in [2.45, 2.75) is 0 Å². The van der Waals surface area contributed by atoms with E-state index in [1.807, 2.05) is 19.3 Å². The van der Waals surface area contributed by atoms with Crippen molar-refractivity contribution in [3.63, 3.8) is 0 Å². The van der Waals surface area contributed by atoms with Crippen LogP contribution in [0.25, 0.3) is 22.6 Å². The third-order valence-corrected chi connectivity index (χ3v) is 2.36. The predicted molar refractivity (Wildman–Crippen MR) is 60.6 cm³/mol. The standard InChI is InChI=1S/C11H10N4O/c1-15-6-7(5-13-15)11-14-9-4-8(12)2-3-10(9)16-11/h2-6H,12H2,1H3. The molecule has 0 saturated heterocycles. The highest BCUT2D eigenvalue weighted by Crippen LogP contribution is 2.24. The van der Waals surface area contributed by atoms with Gasteiger partial charge in [0.1, 0.15) is 5.52 Å². The molecule has 0 aliphatic carbocycles. The quantitative estimate of drug-likeness (QED) is 0.627. The molecular formula is C11H10N4O. The summed E-state index contributed by atoms with van der Waals surface area (Å²) >= 11 is 0. The Kier molecular flexibility index (Phi) is 1.73. The molecule has 80 valence electrons. The summed E-state index contributed by atoms with van der Waals surface area (Å²) in [6, 6.07) is 5.40. The zero-order chi connectivity index (χ0) is 11.1. The number of aryl methyl sites for hydroxylation is 1. The molecule has 0 saturated carbocycles. The van der Waals surface area contributed by atoms with Crippen LogP contribution >= 0.6 is 0 Å². The van der Waals surface area contributed by atoms with Gasteiger partial charge in [0.15, 0.2) is 5.58 Å². The lowest BCUT2D eigenvalue weighted by Crippen LogP contribution is -1.84. The monoisotopic (exact) mass is 214 g/mol. The van der Waals surface area contributed by atoms with Crippen molar-refractivity contribution in [3.05, 3.63) is 30.6 Å². The summed E-state index contributed by atoms with van der Waals surface area (Å²) in [5, 5.41) is 4.07. The molecule has 0 radical (unpaired) electrons. The Morgan fingerprint density at radius 1 is 1.38 bits per heavy atom. The van der Waals surface area contributed by atoms with Crippen molar-refractivity contribution in [1.82, 2.24) is 14.8 Å². The highest BCUT2D eigenvalue weighted by Gasteiger charge is 2.09. The van der Waals surface area contributed by atoms with E-state index >= 15 is 0 Å². The Balaban J connectivity index is 2.18. The highest BCUT2D eigenvalue weighted by molar-refractivity contribution is 5.79. The molecule has 0 atom stereocenters. The lowest BCUT2D eigenvalue weighted by molar-refractivity contribution is 0.619. The van der Waals surface area contributed by atoms with Crippen LogP contribution < -0.4 is 5.73 Å². The van der Waals surface area contributed by atoms with E-state index < -0.39 is 0 Å². The van der Waals surface area contributed by atoms with Gasteiger partial charge < -0.3 is 10.2 Å². The van der Waals surface area contributed by atoms with E-state index in [-0.39, 0.29) is 0 Å². The molecule has 1 aromatic carbocycles. The molecule has 0 bridgehead atoms. The van der Waals surface area contributed by atoms with Crippen LogP contribution in [0.2, 0.25) is 0 Å². The number of aromatic nitrogens is 3. The number of fused-ring (bicyclic) bond motifs is 1. The van der Waals surface area contributed by atoms with Crippen LogP contribution in [0, 0.1) is 0 Å². The van der Waals surface area contributed by atoms with Gasteiger partial charge in [0.25, 0.3) is 0 Å². The minimum atomic E-state index is 0.564. The van der Waals surface area contributed by atoms with Crippen LogP contribution in [0.3, 0.4) is 0 Å². The minimum Gasteiger partial charge on any atom is -0.436 e. The first-order valence-corrected chi connectivity index (χ1v) is 4.87. The van der Waals surface area contributed by atoms with Gasteiger partial charge in [-0.2, -0.15) is 5.10 Å². The van der Waals surface area contributed by atoms with Gasteiger partial charge in [-0.3, -0.25) is 4.68 Å². The summed E-state index contributed by atoms with van der Waals surface area (Å²) in [4.78, 5) is 4.36. The topological polar surface area (TPSA) is 69.9 Å². The van der Waals surface area contributed by atoms with Crippen LogP contribution in [0.1, 0.15) is 0 Å². The molecule has 3 rings (SSSR count). The Labute approximate surface area is 91.5 Å². The second-order valence-electron chi connectivity index (χ2n) is 3.65. The molecule has 2 aromatic heterocycles. The summed E-state index contributed by atoms with van der Waals surface area (Å²) in [7, 11) is 1.85.